The Morgan fingerprint density at radius 3 is 2.55 bits per heavy atom. The fourth-order valence-corrected chi connectivity index (χ4v) is 3.58. The van der Waals surface area contributed by atoms with Crippen LogP contribution in [0, 0.1) is 5.92 Å². The first-order valence-corrected chi connectivity index (χ1v) is 8.23. The average molecular weight is 294 g/mol. The molecule has 1 aromatic carbocycles. The topological polar surface area (TPSA) is 12.0 Å². The molecular weight excluding hydrogens is 266 g/mol. The van der Waals surface area contributed by atoms with Gasteiger partial charge in [-0.3, -0.25) is 0 Å². The van der Waals surface area contributed by atoms with Gasteiger partial charge in [-0.1, -0.05) is 43.5 Å². The fraction of sp³-hybridized carbons (Fsp3) is 0.667. The van der Waals surface area contributed by atoms with E-state index >= 15 is 0 Å². The Labute approximate surface area is 129 Å². The predicted octanol–water partition coefficient (Wildman–Crippen LogP) is 5.18. The van der Waals surface area contributed by atoms with Crippen LogP contribution in [0.3, 0.4) is 0 Å². The van der Waals surface area contributed by atoms with Crippen LogP contribution >= 0.6 is 11.6 Å². The lowest BCUT2D eigenvalue weighted by Crippen LogP contribution is -2.52. The first-order chi connectivity index (χ1) is 9.35. The maximum absolute atomic E-state index is 6.20. The molecule has 0 amide bonds. The minimum absolute atomic E-state index is 0.168. The zero-order valence-corrected chi connectivity index (χ0v) is 14.1. The summed E-state index contributed by atoms with van der Waals surface area (Å²) in [6.45, 7) is 10.0. The number of nitrogens with one attached hydrogen (secondary N) is 1. The third-order valence-corrected chi connectivity index (χ3v) is 4.68. The Kier molecular flexibility index (Phi) is 4.81. The molecule has 1 aliphatic carbocycles. The lowest BCUT2D eigenvalue weighted by atomic mass is 9.57. The second kappa shape index (κ2) is 6.07. The molecule has 0 heterocycles. The van der Waals surface area contributed by atoms with E-state index in [9.17, 15) is 0 Å². The molecule has 0 aliphatic heterocycles. The van der Waals surface area contributed by atoms with E-state index in [-0.39, 0.29) is 11.0 Å². The van der Waals surface area contributed by atoms with E-state index in [4.69, 9.17) is 11.6 Å². The standard InChI is InChI=1S/C18H28ClN/c1-5-7-14-11-18(12-14,13-20-17(2,3)4)15-8-6-9-16(19)10-15/h6,8-10,14,20H,5,7,11-13H2,1-4H3. The van der Waals surface area contributed by atoms with Crippen LogP contribution in [0.5, 0.6) is 0 Å². The van der Waals surface area contributed by atoms with Crippen LogP contribution < -0.4 is 5.32 Å². The molecule has 0 bridgehead atoms. The minimum atomic E-state index is 0.168. The van der Waals surface area contributed by atoms with Gasteiger partial charge >= 0.3 is 0 Å². The van der Waals surface area contributed by atoms with Crippen molar-refractivity contribution in [3.05, 3.63) is 34.9 Å². The second-order valence-corrected chi connectivity index (χ2v) is 7.89. The number of rotatable bonds is 5. The third-order valence-electron chi connectivity index (χ3n) is 4.45. The van der Waals surface area contributed by atoms with Gasteiger partial charge in [-0.15, -0.1) is 0 Å². The summed E-state index contributed by atoms with van der Waals surface area (Å²) in [5, 5.41) is 4.56. The monoisotopic (exact) mass is 293 g/mol. The summed E-state index contributed by atoms with van der Waals surface area (Å²) in [4.78, 5) is 0. The van der Waals surface area contributed by atoms with Gasteiger partial charge in [0.1, 0.15) is 0 Å². The third kappa shape index (κ3) is 3.77. The first kappa shape index (κ1) is 15.9. The molecule has 0 spiro atoms. The maximum Gasteiger partial charge on any atom is 0.0408 e. The Morgan fingerprint density at radius 2 is 2.00 bits per heavy atom. The zero-order valence-electron chi connectivity index (χ0n) is 13.3. The van der Waals surface area contributed by atoms with Crippen LogP contribution in [0.15, 0.2) is 24.3 Å². The van der Waals surface area contributed by atoms with Gasteiger partial charge in [-0.2, -0.15) is 0 Å². The molecule has 1 aliphatic rings. The Balaban J connectivity index is 2.14. The number of hydrogen-bond acceptors (Lipinski definition) is 1. The predicted molar refractivity (Wildman–Crippen MR) is 88.5 cm³/mol. The molecule has 0 unspecified atom stereocenters. The van der Waals surface area contributed by atoms with E-state index < -0.39 is 0 Å². The van der Waals surface area contributed by atoms with Crippen LogP contribution in [-0.4, -0.2) is 12.1 Å². The lowest BCUT2D eigenvalue weighted by molar-refractivity contribution is 0.120. The van der Waals surface area contributed by atoms with Gasteiger partial charge in [0.25, 0.3) is 0 Å². The Hall–Kier alpha value is -0.530. The molecule has 2 rings (SSSR count). The van der Waals surface area contributed by atoms with Crippen LogP contribution in [0.2, 0.25) is 5.02 Å². The SMILES string of the molecule is CCCC1CC(CNC(C)(C)C)(c2cccc(Cl)c2)C1. The van der Waals surface area contributed by atoms with Crippen LogP contribution in [0.1, 0.15) is 58.9 Å². The Morgan fingerprint density at radius 1 is 1.30 bits per heavy atom. The van der Waals surface area contributed by atoms with Crippen molar-refractivity contribution >= 4 is 11.6 Å². The maximum atomic E-state index is 6.20. The van der Waals surface area contributed by atoms with Crippen molar-refractivity contribution in [1.29, 1.82) is 0 Å². The van der Waals surface area contributed by atoms with E-state index in [1.165, 1.54) is 31.2 Å². The van der Waals surface area contributed by atoms with Gasteiger partial charge in [0, 0.05) is 22.5 Å². The van der Waals surface area contributed by atoms with Crippen molar-refractivity contribution in [3.8, 4) is 0 Å². The van der Waals surface area contributed by atoms with Gasteiger partial charge in [0.15, 0.2) is 0 Å². The summed E-state index contributed by atoms with van der Waals surface area (Å²) in [6, 6.07) is 8.47. The molecule has 112 valence electrons. The van der Waals surface area contributed by atoms with Crippen molar-refractivity contribution in [1.82, 2.24) is 5.32 Å². The molecule has 1 saturated carbocycles. The summed E-state index contributed by atoms with van der Waals surface area (Å²) in [5.41, 5.74) is 1.87. The normalized spacial score (nSPS) is 26.4. The average Bonchev–Trinajstić information content (AvgIpc) is 2.31. The van der Waals surface area contributed by atoms with Crippen molar-refractivity contribution in [2.45, 2.75) is 64.3 Å². The van der Waals surface area contributed by atoms with Crippen molar-refractivity contribution < 1.29 is 0 Å². The molecule has 0 aromatic heterocycles. The minimum Gasteiger partial charge on any atom is -0.311 e. The van der Waals surface area contributed by atoms with Crippen LogP contribution in [0.4, 0.5) is 0 Å². The number of benzene rings is 1. The molecule has 0 atom stereocenters. The molecule has 2 heteroatoms. The van der Waals surface area contributed by atoms with Gasteiger partial charge in [0.05, 0.1) is 0 Å². The van der Waals surface area contributed by atoms with E-state index in [0.29, 0.717) is 0 Å². The summed E-state index contributed by atoms with van der Waals surface area (Å²) in [5.74, 6) is 0.890. The molecule has 1 fully saturated rings. The van der Waals surface area contributed by atoms with Gasteiger partial charge < -0.3 is 5.32 Å². The number of hydrogen-bond donors (Lipinski definition) is 1. The van der Waals surface area contributed by atoms with E-state index in [1.54, 1.807) is 0 Å². The van der Waals surface area contributed by atoms with Crippen LogP contribution in [0.25, 0.3) is 0 Å². The summed E-state index contributed by atoms with van der Waals surface area (Å²) in [6.07, 6.45) is 5.25. The van der Waals surface area contributed by atoms with E-state index in [1.807, 2.05) is 6.07 Å². The highest BCUT2D eigenvalue weighted by atomic mass is 35.5. The fourth-order valence-electron chi connectivity index (χ4n) is 3.39. The Bertz CT molecular complexity index is 441. The highest BCUT2D eigenvalue weighted by Crippen LogP contribution is 2.49. The molecule has 0 saturated heterocycles. The van der Waals surface area contributed by atoms with Gasteiger partial charge in [0.2, 0.25) is 0 Å². The van der Waals surface area contributed by atoms with E-state index in [0.717, 1.165) is 17.5 Å². The molecule has 1 nitrogen and oxygen atoms in total. The summed E-state index contributed by atoms with van der Waals surface area (Å²) >= 11 is 6.20. The van der Waals surface area contributed by atoms with Crippen molar-refractivity contribution in [3.63, 3.8) is 0 Å². The largest absolute Gasteiger partial charge is 0.311 e. The van der Waals surface area contributed by atoms with Crippen molar-refractivity contribution in [2.75, 3.05) is 6.54 Å². The lowest BCUT2D eigenvalue weighted by Gasteiger charge is -2.50. The smallest absolute Gasteiger partial charge is 0.0408 e. The first-order valence-electron chi connectivity index (χ1n) is 7.86. The van der Waals surface area contributed by atoms with Crippen molar-refractivity contribution in [2.24, 2.45) is 5.92 Å². The summed E-state index contributed by atoms with van der Waals surface area (Å²) in [7, 11) is 0. The molecule has 1 aromatic rings. The molecular formula is C18H28ClN. The quantitative estimate of drug-likeness (QED) is 0.789. The summed E-state index contributed by atoms with van der Waals surface area (Å²) < 4.78 is 0. The van der Waals surface area contributed by atoms with Gasteiger partial charge in [-0.25, -0.2) is 0 Å². The second-order valence-electron chi connectivity index (χ2n) is 7.46. The van der Waals surface area contributed by atoms with E-state index in [2.05, 4.69) is 51.2 Å². The zero-order chi connectivity index (χ0) is 14.8. The highest BCUT2D eigenvalue weighted by molar-refractivity contribution is 6.30. The molecule has 1 N–H and O–H groups in total. The van der Waals surface area contributed by atoms with Gasteiger partial charge in [-0.05, 0) is 57.2 Å². The molecule has 0 radical (unpaired) electrons. The molecule has 20 heavy (non-hydrogen) atoms. The highest BCUT2D eigenvalue weighted by Gasteiger charge is 2.45. The van der Waals surface area contributed by atoms with Crippen LogP contribution in [-0.2, 0) is 5.41 Å². The number of halogens is 1.